The quantitative estimate of drug-likeness (QED) is 0.382. The van der Waals surface area contributed by atoms with Gasteiger partial charge in [0.05, 0.1) is 20.1 Å². The maximum Gasteiger partial charge on any atom is 0.0796 e. The van der Waals surface area contributed by atoms with E-state index < -0.39 is 0 Å². The van der Waals surface area contributed by atoms with Crippen LogP contribution in [0.1, 0.15) is 12.5 Å². The van der Waals surface area contributed by atoms with E-state index in [1.54, 1.807) is 6.07 Å². The number of benzene rings is 1. The lowest BCUT2D eigenvalue weighted by Crippen LogP contribution is -1.86. The van der Waals surface area contributed by atoms with Crippen molar-refractivity contribution in [3.63, 3.8) is 0 Å². The maximum absolute atomic E-state index is 6.00. The molecule has 0 radical (unpaired) electrons. The van der Waals surface area contributed by atoms with Crippen LogP contribution in [0.4, 0.5) is 0 Å². The van der Waals surface area contributed by atoms with Crippen molar-refractivity contribution in [2.24, 2.45) is 0 Å². The zero-order valence-electron chi connectivity index (χ0n) is 7.45. The SMILES string of the molecule is CC=CCc1cc(Cl)c(Cl)c(Cl)c1Cl. The predicted molar refractivity (Wildman–Crippen MR) is 65.0 cm³/mol. The summed E-state index contributed by atoms with van der Waals surface area (Å²) in [6.45, 7) is 1.94. The fourth-order valence-electron chi connectivity index (χ4n) is 1.02. The van der Waals surface area contributed by atoms with Gasteiger partial charge in [0.25, 0.3) is 0 Å². The molecule has 0 spiro atoms. The highest BCUT2D eigenvalue weighted by atomic mass is 35.5. The summed E-state index contributed by atoms with van der Waals surface area (Å²) in [5.41, 5.74) is 0.879. The Balaban J connectivity index is 3.19. The highest BCUT2D eigenvalue weighted by Crippen LogP contribution is 2.38. The molecular formula is C10H8Cl4. The van der Waals surface area contributed by atoms with Gasteiger partial charge in [-0.25, -0.2) is 0 Å². The number of rotatable bonds is 2. The molecule has 0 aliphatic heterocycles. The van der Waals surface area contributed by atoms with E-state index in [1.807, 2.05) is 19.1 Å². The third-order valence-electron chi connectivity index (χ3n) is 1.75. The monoisotopic (exact) mass is 268 g/mol. The van der Waals surface area contributed by atoms with Gasteiger partial charge in [-0.15, -0.1) is 0 Å². The summed E-state index contributed by atoms with van der Waals surface area (Å²) in [7, 11) is 0. The lowest BCUT2D eigenvalue weighted by molar-refractivity contribution is 1.26. The first-order valence-corrected chi connectivity index (χ1v) is 5.52. The molecule has 0 saturated heterocycles. The average molecular weight is 270 g/mol. The molecule has 1 aromatic rings. The molecule has 0 aliphatic carbocycles. The molecule has 0 unspecified atom stereocenters. The van der Waals surface area contributed by atoms with Gasteiger partial charge in [-0.1, -0.05) is 58.6 Å². The molecule has 0 aliphatic rings. The largest absolute Gasteiger partial charge is 0.0913 e. The molecule has 0 N–H and O–H groups in total. The summed E-state index contributed by atoms with van der Waals surface area (Å²) in [5.74, 6) is 0. The van der Waals surface area contributed by atoms with Gasteiger partial charge in [0.1, 0.15) is 0 Å². The van der Waals surface area contributed by atoms with Crippen molar-refractivity contribution in [3.05, 3.63) is 43.9 Å². The third-order valence-corrected chi connectivity index (χ3v) is 3.54. The van der Waals surface area contributed by atoms with E-state index in [0.29, 0.717) is 26.5 Å². The fourth-order valence-corrected chi connectivity index (χ4v) is 1.94. The van der Waals surface area contributed by atoms with Crippen LogP contribution < -0.4 is 0 Å². The van der Waals surface area contributed by atoms with E-state index in [4.69, 9.17) is 46.4 Å². The van der Waals surface area contributed by atoms with Crippen molar-refractivity contribution in [1.29, 1.82) is 0 Å². The fraction of sp³-hybridized carbons (Fsp3) is 0.200. The normalized spacial score (nSPS) is 11.2. The molecule has 0 fully saturated rings. The van der Waals surface area contributed by atoms with Crippen molar-refractivity contribution in [2.45, 2.75) is 13.3 Å². The zero-order valence-corrected chi connectivity index (χ0v) is 10.5. The standard InChI is InChI=1S/C10H8Cl4/c1-2-3-4-6-5-7(11)9(13)10(14)8(6)12/h2-3,5H,4H2,1H3. The van der Waals surface area contributed by atoms with Crippen LogP contribution in [0, 0.1) is 0 Å². The van der Waals surface area contributed by atoms with Crippen LogP contribution in [0.2, 0.25) is 20.1 Å². The predicted octanol–water partition coefficient (Wildman–Crippen LogP) is 5.42. The Morgan fingerprint density at radius 1 is 1.07 bits per heavy atom. The van der Waals surface area contributed by atoms with E-state index in [-0.39, 0.29) is 0 Å². The molecule has 0 amide bonds. The molecule has 1 rings (SSSR count). The summed E-state index contributed by atoms with van der Waals surface area (Å²) < 4.78 is 0. The summed E-state index contributed by atoms with van der Waals surface area (Å²) in [6.07, 6.45) is 4.61. The Bertz CT molecular complexity index is 369. The Morgan fingerprint density at radius 2 is 1.71 bits per heavy atom. The molecule has 1 aromatic carbocycles. The van der Waals surface area contributed by atoms with Crippen LogP contribution in [0.3, 0.4) is 0 Å². The topological polar surface area (TPSA) is 0 Å². The molecular weight excluding hydrogens is 262 g/mol. The minimum Gasteiger partial charge on any atom is -0.0913 e. The van der Waals surface area contributed by atoms with Crippen LogP contribution in [0.15, 0.2) is 18.2 Å². The molecule has 0 nitrogen and oxygen atoms in total. The number of halogens is 4. The van der Waals surface area contributed by atoms with E-state index in [9.17, 15) is 0 Å². The first-order valence-electron chi connectivity index (χ1n) is 4.01. The van der Waals surface area contributed by atoms with Crippen molar-refractivity contribution >= 4 is 46.4 Å². The summed E-state index contributed by atoms with van der Waals surface area (Å²) in [5, 5.41) is 1.53. The zero-order chi connectivity index (χ0) is 10.7. The third kappa shape index (κ3) is 2.58. The summed E-state index contributed by atoms with van der Waals surface area (Å²) in [4.78, 5) is 0. The summed E-state index contributed by atoms with van der Waals surface area (Å²) >= 11 is 23.6. The minimum absolute atomic E-state index is 0.308. The Labute approximate surface area is 103 Å². The van der Waals surface area contributed by atoms with Crippen LogP contribution in [0.5, 0.6) is 0 Å². The second kappa shape index (κ2) is 5.27. The van der Waals surface area contributed by atoms with E-state index in [1.165, 1.54) is 0 Å². The minimum atomic E-state index is 0.308. The first kappa shape index (κ1) is 12.2. The molecule has 0 aromatic heterocycles. The van der Waals surface area contributed by atoms with Gasteiger partial charge in [-0.2, -0.15) is 0 Å². The Hall–Kier alpha value is 0.120. The number of hydrogen-bond acceptors (Lipinski definition) is 0. The lowest BCUT2D eigenvalue weighted by Gasteiger charge is -2.06. The molecule has 0 heterocycles. The Morgan fingerprint density at radius 3 is 2.29 bits per heavy atom. The molecule has 0 bridgehead atoms. The number of hydrogen-bond donors (Lipinski definition) is 0. The number of allylic oxidation sites excluding steroid dienone is 2. The van der Waals surface area contributed by atoms with Gasteiger partial charge in [-0.3, -0.25) is 0 Å². The summed E-state index contributed by atoms with van der Waals surface area (Å²) in [6, 6.07) is 1.73. The van der Waals surface area contributed by atoms with Gasteiger partial charge >= 0.3 is 0 Å². The van der Waals surface area contributed by atoms with Crippen molar-refractivity contribution in [2.75, 3.05) is 0 Å². The highest BCUT2D eigenvalue weighted by molar-refractivity contribution is 6.51. The van der Waals surface area contributed by atoms with E-state index >= 15 is 0 Å². The maximum atomic E-state index is 6.00. The van der Waals surface area contributed by atoms with Gasteiger partial charge < -0.3 is 0 Å². The Kier molecular flexibility index (Phi) is 4.59. The van der Waals surface area contributed by atoms with Crippen LogP contribution >= 0.6 is 46.4 Å². The molecule has 4 heteroatoms. The average Bonchev–Trinajstić information content (AvgIpc) is 2.18. The van der Waals surface area contributed by atoms with E-state index in [0.717, 1.165) is 5.56 Å². The molecule has 0 atom stereocenters. The van der Waals surface area contributed by atoms with Crippen LogP contribution in [0.25, 0.3) is 0 Å². The van der Waals surface area contributed by atoms with Crippen LogP contribution in [-0.4, -0.2) is 0 Å². The molecule has 0 saturated carbocycles. The van der Waals surface area contributed by atoms with Crippen molar-refractivity contribution < 1.29 is 0 Å². The smallest absolute Gasteiger partial charge is 0.0796 e. The van der Waals surface area contributed by atoms with Crippen molar-refractivity contribution in [3.8, 4) is 0 Å². The highest BCUT2D eigenvalue weighted by Gasteiger charge is 2.11. The molecule has 76 valence electrons. The van der Waals surface area contributed by atoms with Gasteiger partial charge in [0.2, 0.25) is 0 Å². The van der Waals surface area contributed by atoms with Crippen molar-refractivity contribution in [1.82, 2.24) is 0 Å². The lowest BCUT2D eigenvalue weighted by atomic mass is 10.1. The second-order valence-electron chi connectivity index (χ2n) is 2.73. The van der Waals surface area contributed by atoms with Gasteiger partial charge in [-0.05, 0) is 25.0 Å². The molecule has 14 heavy (non-hydrogen) atoms. The van der Waals surface area contributed by atoms with Gasteiger partial charge in [0.15, 0.2) is 0 Å². The second-order valence-corrected chi connectivity index (χ2v) is 4.27. The van der Waals surface area contributed by atoms with Gasteiger partial charge in [0, 0.05) is 0 Å². The first-order chi connectivity index (χ1) is 6.57. The van der Waals surface area contributed by atoms with E-state index in [2.05, 4.69) is 0 Å². The van der Waals surface area contributed by atoms with Crippen LogP contribution in [-0.2, 0) is 6.42 Å².